The monoisotopic (exact) mass is 480 g/mol. The van der Waals surface area contributed by atoms with Crippen molar-refractivity contribution in [3.8, 4) is 0 Å². The van der Waals surface area contributed by atoms with Crippen molar-refractivity contribution < 1.29 is 27.1 Å². The molecule has 0 unspecified atom stereocenters. The number of carbonyl (C=O) groups is 2. The van der Waals surface area contributed by atoms with Crippen LogP contribution < -0.4 is 5.32 Å². The van der Waals surface area contributed by atoms with Crippen LogP contribution in [0.1, 0.15) is 25.7 Å². The summed E-state index contributed by atoms with van der Waals surface area (Å²) < 4.78 is 44.9. The van der Waals surface area contributed by atoms with E-state index in [9.17, 15) is 22.4 Å². The number of ether oxygens (including phenoxy) is 1. The molecule has 0 aromatic heterocycles. The molecule has 1 amide bonds. The normalized spacial score (nSPS) is 14.7. The Morgan fingerprint density at radius 1 is 1.06 bits per heavy atom. The van der Waals surface area contributed by atoms with E-state index in [1.807, 2.05) is 0 Å². The number of carbonyl (C=O) groups excluding carboxylic acids is 2. The van der Waals surface area contributed by atoms with Crippen molar-refractivity contribution in [2.45, 2.75) is 35.5 Å². The number of thioether (sulfide) groups is 1. The summed E-state index contributed by atoms with van der Waals surface area (Å²) in [5.74, 6) is -0.981. The first-order chi connectivity index (χ1) is 15.3. The number of rotatable bonds is 9. The van der Waals surface area contributed by atoms with Crippen LogP contribution in [0.5, 0.6) is 0 Å². The third-order valence-corrected chi connectivity index (χ3v) is 7.73. The second-order valence-electron chi connectivity index (χ2n) is 7.25. The fraction of sp³-hybridized carbons (Fsp3) is 0.364. The molecule has 0 saturated carbocycles. The maximum Gasteiger partial charge on any atom is 0.307 e. The molecule has 7 nitrogen and oxygen atoms in total. The summed E-state index contributed by atoms with van der Waals surface area (Å²) in [4.78, 5) is 24.9. The predicted molar refractivity (Wildman–Crippen MR) is 120 cm³/mol. The van der Waals surface area contributed by atoms with Gasteiger partial charge in [0, 0.05) is 29.4 Å². The Bertz CT molecular complexity index is 1040. The van der Waals surface area contributed by atoms with Crippen molar-refractivity contribution in [3.63, 3.8) is 0 Å². The molecule has 0 aliphatic carbocycles. The van der Waals surface area contributed by atoms with Gasteiger partial charge in [0.2, 0.25) is 10.0 Å². The lowest BCUT2D eigenvalue weighted by Crippen LogP contribution is -2.35. The number of halogens is 1. The summed E-state index contributed by atoms with van der Waals surface area (Å²) in [7, 11) is -3.61. The van der Waals surface area contributed by atoms with Gasteiger partial charge in [0.05, 0.1) is 11.3 Å². The summed E-state index contributed by atoms with van der Waals surface area (Å²) in [6.07, 6.45) is 2.79. The Morgan fingerprint density at radius 3 is 2.50 bits per heavy atom. The molecule has 2 aromatic rings. The minimum absolute atomic E-state index is 0.0961. The molecule has 10 heteroatoms. The van der Waals surface area contributed by atoms with Crippen LogP contribution in [-0.4, -0.2) is 50.0 Å². The second-order valence-corrected chi connectivity index (χ2v) is 10.4. The highest BCUT2D eigenvalue weighted by Crippen LogP contribution is 2.23. The Hall–Kier alpha value is -2.43. The van der Waals surface area contributed by atoms with E-state index in [1.165, 1.54) is 40.3 Å². The van der Waals surface area contributed by atoms with Crippen molar-refractivity contribution in [2.24, 2.45) is 0 Å². The molecule has 1 fully saturated rings. The van der Waals surface area contributed by atoms with Gasteiger partial charge in [-0.3, -0.25) is 9.59 Å². The molecule has 0 radical (unpaired) electrons. The van der Waals surface area contributed by atoms with Crippen LogP contribution >= 0.6 is 11.8 Å². The highest BCUT2D eigenvalue weighted by molar-refractivity contribution is 7.99. The zero-order chi connectivity index (χ0) is 23.0. The molecule has 1 saturated heterocycles. The SMILES string of the molecule is O=C(COC(=O)CCSc1ccc(F)cc1)Nc1cccc(S(=O)(=O)N2CCCCC2)c1. The lowest BCUT2D eigenvalue weighted by Gasteiger charge is -2.26. The Labute approximate surface area is 191 Å². The van der Waals surface area contributed by atoms with Crippen molar-refractivity contribution in [2.75, 3.05) is 30.8 Å². The average molecular weight is 481 g/mol. The zero-order valence-corrected chi connectivity index (χ0v) is 19.1. The van der Waals surface area contributed by atoms with Crippen molar-refractivity contribution in [1.82, 2.24) is 4.31 Å². The third kappa shape index (κ3) is 7.04. The first kappa shape index (κ1) is 24.2. The number of sulfonamides is 1. The predicted octanol–water partition coefficient (Wildman–Crippen LogP) is 3.66. The number of hydrogen-bond acceptors (Lipinski definition) is 6. The summed E-state index contributed by atoms with van der Waals surface area (Å²) in [6.45, 7) is 0.520. The van der Waals surface area contributed by atoms with Gasteiger partial charge in [0.25, 0.3) is 5.91 Å². The zero-order valence-electron chi connectivity index (χ0n) is 17.5. The Balaban J connectivity index is 1.45. The minimum Gasteiger partial charge on any atom is -0.456 e. The molecular formula is C22H25FN2O5S2. The summed E-state index contributed by atoms with van der Waals surface area (Å²) in [5.41, 5.74) is 0.316. The Morgan fingerprint density at radius 2 is 1.78 bits per heavy atom. The van der Waals surface area contributed by atoms with Gasteiger partial charge in [0.15, 0.2) is 6.61 Å². The number of esters is 1. The number of amides is 1. The van der Waals surface area contributed by atoms with E-state index >= 15 is 0 Å². The first-order valence-corrected chi connectivity index (χ1v) is 12.7. The molecule has 0 bridgehead atoms. The third-order valence-electron chi connectivity index (χ3n) is 4.82. The molecule has 1 aliphatic rings. The molecule has 3 rings (SSSR count). The van der Waals surface area contributed by atoms with Gasteiger partial charge in [-0.1, -0.05) is 12.5 Å². The van der Waals surface area contributed by atoms with Crippen LogP contribution in [0.3, 0.4) is 0 Å². The smallest absolute Gasteiger partial charge is 0.307 e. The van der Waals surface area contributed by atoms with Crippen molar-refractivity contribution in [3.05, 3.63) is 54.3 Å². The quantitative estimate of drug-likeness (QED) is 0.435. The molecule has 1 aliphatic heterocycles. The lowest BCUT2D eigenvalue weighted by molar-refractivity contribution is -0.146. The standard InChI is InChI=1S/C22H25FN2O5S2/c23-17-7-9-19(10-8-17)31-14-11-22(27)30-16-21(26)24-18-5-4-6-20(15-18)32(28,29)25-12-2-1-3-13-25/h4-10,15H,1-3,11-14,16H2,(H,24,26). The minimum atomic E-state index is -3.61. The van der Waals surface area contributed by atoms with Gasteiger partial charge in [-0.05, 0) is 55.3 Å². The number of anilines is 1. The molecule has 0 atom stereocenters. The van der Waals surface area contributed by atoms with Crippen LogP contribution in [-0.2, 0) is 24.3 Å². The molecule has 1 N–H and O–H groups in total. The van der Waals surface area contributed by atoms with Gasteiger partial charge >= 0.3 is 5.97 Å². The first-order valence-electron chi connectivity index (χ1n) is 10.3. The number of hydrogen-bond donors (Lipinski definition) is 1. The van der Waals surface area contributed by atoms with Gasteiger partial charge in [-0.15, -0.1) is 11.8 Å². The maximum absolute atomic E-state index is 12.9. The van der Waals surface area contributed by atoms with E-state index < -0.39 is 28.5 Å². The maximum atomic E-state index is 12.9. The van der Waals surface area contributed by atoms with Gasteiger partial charge in [-0.2, -0.15) is 4.31 Å². The summed E-state index contributed by atoms with van der Waals surface area (Å²) >= 11 is 1.38. The highest BCUT2D eigenvalue weighted by Gasteiger charge is 2.26. The molecule has 0 spiro atoms. The van der Waals surface area contributed by atoms with E-state index in [0.29, 0.717) is 24.5 Å². The van der Waals surface area contributed by atoms with Crippen molar-refractivity contribution in [1.29, 1.82) is 0 Å². The van der Waals surface area contributed by atoms with E-state index in [-0.39, 0.29) is 17.1 Å². The molecule has 172 valence electrons. The molecule has 32 heavy (non-hydrogen) atoms. The van der Waals surface area contributed by atoms with E-state index in [4.69, 9.17) is 4.74 Å². The van der Waals surface area contributed by atoms with Gasteiger partial charge in [0.1, 0.15) is 5.82 Å². The molecule has 2 aromatic carbocycles. The van der Waals surface area contributed by atoms with Crippen LogP contribution in [0.2, 0.25) is 0 Å². The van der Waals surface area contributed by atoms with Crippen LogP contribution in [0.15, 0.2) is 58.3 Å². The second kappa shape index (κ2) is 11.4. The van der Waals surface area contributed by atoms with Crippen LogP contribution in [0.25, 0.3) is 0 Å². The number of benzene rings is 2. The molecule has 1 heterocycles. The van der Waals surface area contributed by atoms with E-state index in [1.54, 1.807) is 24.3 Å². The van der Waals surface area contributed by atoms with Crippen LogP contribution in [0, 0.1) is 5.82 Å². The Kier molecular flexibility index (Phi) is 8.66. The van der Waals surface area contributed by atoms with Gasteiger partial charge < -0.3 is 10.1 Å². The van der Waals surface area contributed by atoms with E-state index in [0.717, 1.165) is 24.2 Å². The topological polar surface area (TPSA) is 92.8 Å². The van der Waals surface area contributed by atoms with Crippen molar-refractivity contribution >= 4 is 39.3 Å². The van der Waals surface area contributed by atoms with E-state index in [2.05, 4.69) is 5.32 Å². The fourth-order valence-electron chi connectivity index (χ4n) is 3.19. The number of piperidine rings is 1. The average Bonchev–Trinajstić information content (AvgIpc) is 2.80. The highest BCUT2D eigenvalue weighted by atomic mass is 32.2. The number of nitrogens with zero attached hydrogens (tertiary/aromatic N) is 1. The summed E-state index contributed by atoms with van der Waals surface area (Å²) in [6, 6.07) is 12.0. The van der Waals surface area contributed by atoms with Gasteiger partial charge in [-0.25, -0.2) is 12.8 Å². The molecular weight excluding hydrogens is 455 g/mol. The largest absolute Gasteiger partial charge is 0.456 e. The number of nitrogens with one attached hydrogen (secondary N) is 1. The summed E-state index contributed by atoms with van der Waals surface area (Å²) in [5, 5.41) is 2.56. The lowest BCUT2D eigenvalue weighted by atomic mass is 10.2. The van der Waals surface area contributed by atoms with Crippen LogP contribution in [0.4, 0.5) is 10.1 Å². The fourth-order valence-corrected chi connectivity index (χ4v) is 5.58.